The molecule has 5 nitrogen and oxygen atoms in total. The van der Waals surface area contributed by atoms with Gasteiger partial charge in [-0.3, -0.25) is 9.59 Å². The van der Waals surface area contributed by atoms with Crippen LogP contribution in [0.4, 0.5) is 8.78 Å². The lowest BCUT2D eigenvalue weighted by Crippen LogP contribution is -2.40. The molecular weight excluding hydrogens is 400 g/mol. The normalized spacial score (nSPS) is 16.3. The molecule has 2 aromatic carbocycles. The maximum Gasteiger partial charge on any atom is 0.262 e. The minimum absolute atomic E-state index is 0.166. The van der Waals surface area contributed by atoms with Crippen molar-refractivity contribution in [1.29, 1.82) is 0 Å². The smallest absolute Gasteiger partial charge is 0.262 e. The molecule has 0 spiro atoms. The lowest BCUT2D eigenvalue weighted by Gasteiger charge is -2.26. The first-order valence-corrected chi connectivity index (χ1v) is 10.2. The third-order valence-corrected chi connectivity index (χ3v) is 5.09. The molecule has 164 valence electrons. The summed E-state index contributed by atoms with van der Waals surface area (Å²) >= 11 is 0. The summed E-state index contributed by atoms with van der Waals surface area (Å²) in [4.78, 5) is 26.9. The van der Waals surface area contributed by atoms with E-state index in [9.17, 15) is 18.4 Å². The first kappa shape index (κ1) is 22.6. The van der Waals surface area contributed by atoms with Gasteiger partial charge in [0.05, 0.1) is 11.8 Å². The molecule has 0 saturated heterocycles. The third kappa shape index (κ3) is 5.34. The highest BCUT2D eigenvalue weighted by molar-refractivity contribution is 6.03. The van der Waals surface area contributed by atoms with Gasteiger partial charge in [-0.1, -0.05) is 57.2 Å². The highest BCUT2D eigenvalue weighted by atomic mass is 19.1. The van der Waals surface area contributed by atoms with Crippen molar-refractivity contribution in [2.45, 2.75) is 39.7 Å². The number of halogens is 2. The Morgan fingerprint density at radius 3 is 2.29 bits per heavy atom. The highest BCUT2D eigenvalue weighted by Gasteiger charge is 2.36. The van der Waals surface area contributed by atoms with Crippen LogP contribution in [0.1, 0.15) is 50.8 Å². The molecule has 0 bridgehead atoms. The lowest BCUT2D eigenvalue weighted by molar-refractivity contribution is -0.141. The van der Waals surface area contributed by atoms with Gasteiger partial charge in [0, 0.05) is 31.0 Å². The summed E-state index contributed by atoms with van der Waals surface area (Å²) in [6.07, 6.45) is 0.463. The van der Waals surface area contributed by atoms with Crippen molar-refractivity contribution in [3.63, 3.8) is 0 Å². The maximum absolute atomic E-state index is 14.5. The number of hydrogen-bond acceptors (Lipinski definition) is 3. The molecule has 0 aliphatic carbocycles. The van der Waals surface area contributed by atoms with Gasteiger partial charge in [0.1, 0.15) is 18.2 Å². The fraction of sp³-hybridized carbons (Fsp3) is 0.375. The van der Waals surface area contributed by atoms with Crippen molar-refractivity contribution < 1.29 is 18.4 Å². The largest absolute Gasteiger partial charge is 0.336 e. The van der Waals surface area contributed by atoms with E-state index in [2.05, 4.69) is 5.10 Å². The fourth-order valence-corrected chi connectivity index (χ4v) is 3.54. The van der Waals surface area contributed by atoms with Gasteiger partial charge in [-0.2, -0.15) is 5.10 Å². The number of likely N-dealkylation sites (N-methyl/N-ethyl adjacent to an activating group) is 1. The van der Waals surface area contributed by atoms with Gasteiger partial charge in [0.15, 0.2) is 0 Å². The Morgan fingerprint density at radius 2 is 1.68 bits per heavy atom. The minimum Gasteiger partial charge on any atom is -0.336 e. The molecule has 3 rings (SSSR count). The van der Waals surface area contributed by atoms with Crippen LogP contribution in [0.3, 0.4) is 0 Å². The summed E-state index contributed by atoms with van der Waals surface area (Å²) in [5, 5.41) is 5.54. The standard InChI is InChI=1S/C24H27F2N3O2/c1-24(2,3)14-22(30)28(4)15-23(31)29-21(17-10-6-8-12-19(17)26)13-20(27-29)16-9-5-7-11-18(16)25/h5-12,21H,13-15H2,1-4H3/t21-/m1/s1. The second-order valence-corrected chi connectivity index (χ2v) is 8.99. The predicted octanol–water partition coefficient (Wildman–Crippen LogP) is 4.54. The Labute approximate surface area is 181 Å². The first-order chi connectivity index (χ1) is 14.6. The molecule has 1 aliphatic rings. The molecule has 1 heterocycles. The number of carbonyl (C=O) groups excluding carboxylic acids is 2. The van der Waals surface area contributed by atoms with Gasteiger partial charge in [0.2, 0.25) is 5.91 Å². The molecule has 31 heavy (non-hydrogen) atoms. The van der Waals surface area contributed by atoms with Crippen LogP contribution in [0.25, 0.3) is 0 Å². The number of amides is 2. The van der Waals surface area contributed by atoms with Crippen LogP contribution in [-0.2, 0) is 9.59 Å². The second kappa shape index (κ2) is 8.96. The van der Waals surface area contributed by atoms with Crippen molar-refractivity contribution in [3.05, 3.63) is 71.3 Å². The predicted molar refractivity (Wildman–Crippen MR) is 115 cm³/mol. The molecule has 2 aromatic rings. The summed E-state index contributed by atoms with van der Waals surface area (Å²) in [5.41, 5.74) is 0.725. The van der Waals surface area contributed by atoms with Gasteiger partial charge < -0.3 is 4.90 Å². The van der Waals surface area contributed by atoms with Crippen molar-refractivity contribution in [1.82, 2.24) is 9.91 Å². The van der Waals surface area contributed by atoms with E-state index in [1.807, 2.05) is 20.8 Å². The van der Waals surface area contributed by atoms with Crippen LogP contribution < -0.4 is 0 Å². The summed E-state index contributed by atoms with van der Waals surface area (Å²) < 4.78 is 28.9. The van der Waals surface area contributed by atoms with Crippen LogP contribution in [0, 0.1) is 17.0 Å². The molecule has 0 fully saturated rings. The number of hydrazone groups is 1. The summed E-state index contributed by atoms with van der Waals surface area (Å²) in [5.74, 6) is -1.54. The molecule has 0 aromatic heterocycles. The molecule has 0 saturated carbocycles. The molecule has 1 atom stereocenters. The van der Waals surface area contributed by atoms with E-state index in [4.69, 9.17) is 0 Å². The van der Waals surface area contributed by atoms with Crippen LogP contribution >= 0.6 is 0 Å². The molecule has 0 N–H and O–H groups in total. The average molecular weight is 427 g/mol. The Morgan fingerprint density at radius 1 is 1.06 bits per heavy atom. The highest BCUT2D eigenvalue weighted by Crippen LogP contribution is 2.34. The van der Waals surface area contributed by atoms with E-state index in [1.54, 1.807) is 43.4 Å². The quantitative estimate of drug-likeness (QED) is 0.704. The molecule has 0 radical (unpaired) electrons. The molecule has 2 amide bonds. The van der Waals surface area contributed by atoms with E-state index < -0.39 is 23.6 Å². The van der Waals surface area contributed by atoms with Crippen LogP contribution in [0.5, 0.6) is 0 Å². The number of benzene rings is 2. The molecule has 0 unspecified atom stereocenters. The number of nitrogens with zero attached hydrogens (tertiary/aromatic N) is 3. The first-order valence-electron chi connectivity index (χ1n) is 10.2. The number of rotatable bonds is 5. The van der Waals surface area contributed by atoms with E-state index >= 15 is 0 Å². The zero-order chi connectivity index (χ0) is 22.8. The topological polar surface area (TPSA) is 53.0 Å². The monoisotopic (exact) mass is 427 g/mol. The summed E-state index contributed by atoms with van der Waals surface area (Å²) in [7, 11) is 1.56. The second-order valence-electron chi connectivity index (χ2n) is 8.99. The summed E-state index contributed by atoms with van der Waals surface area (Å²) in [6, 6.07) is 11.6. The number of carbonyl (C=O) groups is 2. The minimum atomic E-state index is -0.713. The van der Waals surface area contributed by atoms with Crippen molar-refractivity contribution >= 4 is 17.5 Å². The van der Waals surface area contributed by atoms with Gasteiger partial charge in [-0.15, -0.1) is 0 Å². The van der Waals surface area contributed by atoms with Gasteiger partial charge in [0.25, 0.3) is 5.91 Å². The van der Waals surface area contributed by atoms with Gasteiger partial charge in [-0.25, -0.2) is 13.8 Å². The Balaban J connectivity index is 1.89. The SMILES string of the molecule is CN(CC(=O)N1N=C(c2ccccc2F)C[C@@H]1c1ccccc1F)C(=O)CC(C)(C)C. The maximum atomic E-state index is 14.5. The number of hydrogen-bond donors (Lipinski definition) is 0. The lowest BCUT2D eigenvalue weighted by atomic mass is 9.92. The van der Waals surface area contributed by atoms with Crippen LogP contribution in [0.2, 0.25) is 0 Å². The zero-order valence-electron chi connectivity index (χ0n) is 18.2. The molecule has 1 aliphatic heterocycles. The Hall–Kier alpha value is -3.09. The Bertz CT molecular complexity index is 1010. The Kier molecular flexibility index (Phi) is 6.53. The van der Waals surface area contributed by atoms with Crippen molar-refractivity contribution in [3.8, 4) is 0 Å². The fourth-order valence-electron chi connectivity index (χ4n) is 3.54. The van der Waals surface area contributed by atoms with E-state index in [0.29, 0.717) is 11.3 Å². The van der Waals surface area contributed by atoms with Crippen LogP contribution in [-0.4, -0.2) is 41.0 Å². The van der Waals surface area contributed by atoms with Crippen molar-refractivity contribution in [2.75, 3.05) is 13.6 Å². The van der Waals surface area contributed by atoms with Crippen molar-refractivity contribution in [2.24, 2.45) is 10.5 Å². The third-order valence-electron chi connectivity index (χ3n) is 5.09. The summed E-state index contributed by atoms with van der Waals surface area (Å²) in [6.45, 7) is 5.63. The molecule has 7 heteroatoms. The van der Waals surface area contributed by atoms with Gasteiger partial charge >= 0.3 is 0 Å². The molecular formula is C24H27F2N3O2. The van der Waals surface area contributed by atoms with E-state index in [0.717, 1.165) is 0 Å². The van der Waals surface area contributed by atoms with E-state index in [-0.39, 0.29) is 36.3 Å². The van der Waals surface area contributed by atoms with Gasteiger partial charge in [-0.05, 0) is 17.5 Å². The zero-order valence-corrected chi connectivity index (χ0v) is 18.2. The average Bonchev–Trinajstić information content (AvgIpc) is 3.12. The van der Waals surface area contributed by atoms with Crippen LogP contribution in [0.15, 0.2) is 53.6 Å². The van der Waals surface area contributed by atoms with E-state index in [1.165, 1.54) is 22.0 Å².